The SMILES string of the molecule is FC(F)(F)CCOc1ccc(CCl)nn1. The van der Waals surface area contributed by atoms with Crippen LogP contribution in [0.15, 0.2) is 12.1 Å². The summed E-state index contributed by atoms with van der Waals surface area (Å²) in [7, 11) is 0. The van der Waals surface area contributed by atoms with Crippen LogP contribution in [0.5, 0.6) is 5.88 Å². The molecule has 0 aliphatic rings. The van der Waals surface area contributed by atoms with Crippen LogP contribution in [0.1, 0.15) is 12.1 Å². The van der Waals surface area contributed by atoms with E-state index in [0.717, 1.165) is 0 Å². The van der Waals surface area contributed by atoms with Crippen molar-refractivity contribution in [2.24, 2.45) is 0 Å². The Morgan fingerprint density at radius 3 is 2.47 bits per heavy atom. The van der Waals surface area contributed by atoms with Gasteiger partial charge in [0, 0.05) is 6.07 Å². The van der Waals surface area contributed by atoms with Crippen molar-refractivity contribution in [1.29, 1.82) is 0 Å². The molecule has 0 fully saturated rings. The molecule has 0 atom stereocenters. The van der Waals surface area contributed by atoms with E-state index in [-0.39, 0.29) is 11.8 Å². The van der Waals surface area contributed by atoms with E-state index in [0.29, 0.717) is 5.69 Å². The van der Waals surface area contributed by atoms with Crippen molar-refractivity contribution in [2.75, 3.05) is 6.61 Å². The van der Waals surface area contributed by atoms with Crippen LogP contribution in [-0.4, -0.2) is 23.0 Å². The van der Waals surface area contributed by atoms with Crippen LogP contribution in [0.4, 0.5) is 13.2 Å². The Kier molecular flexibility index (Phi) is 4.14. The van der Waals surface area contributed by atoms with Gasteiger partial charge in [0.2, 0.25) is 5.88 Å². The average Bonchev–Trinajstić information content (AvgIpc) is 2.17. The van der Waals surface area contributed by atoms with Gasteiger partial charge in [-0.3, -0.25) is 0 Å². The van der Waals surface area contributed by atoms with Crippen molar-refractivity contribution >= 4 is 11.6 Å². The summed E-state index contributed by atoms with van der Waals surface area (Å²) < 4.78 is 40.0. The number of ether oxygens (including phenoxy) is 1. The minimum Gasteiger partial charge on any atom is -0.476 e. The van der Waals surface area contributed by atoms with Gasteiger partial charge in [-0.15, -0.1) is 16.7 Å². The molecule has 0 saturated carbocycles. The average molecular weight is 241 g/mol. The quantitative estimate of drug-likeness (QED) is 0.759. The normalized spacial score (nSPS) is 11.5. The summed E-state index contributed by atoms with van der Waals surface area (Å²) in [6, 6.07) is 2.98. The molecule has 1 heterocycles. The zero-order chi connectivity index (χ0) is 11.3. The smallest absolute Gasteiger partial charge is 0.392 e. The number of rotatable bonds is 4. The molecule has 7 heteroatoms. The number of hydrogen-bond donors (Lipinski definition) is 0. The van der Waals surface area contributed by atoms with Crippen molar-refractivity contribution in [3.63, 3.8) is 0 Å². The third kappa shape index (κ3) is 4.83. The lowest BCUT2D eigenvalue weighted by Crippen LogP contribution is -2.13. The zero-order valence-electron chi connectivity index (χ0n) is 7.59. The second-order valence-electron chi connectivity index (χ2n) is 2.71. The molecular weight excluding hydrogens is 233 g/mol. The highest BCUT2D eigenvalue weighted by Gasteiger charge is 2.26. The Morgan fingerprint density at radius 2 is 2.00 bits per heavy atom. The summed E-state index contributed by atoms with van der Waals surface area (Å²) in [6.45, 7) is -0.460. The summed E-state index contributed by atoms with van der Waals surface area (Å²) >= 11 is 5.45. The first-order valence-electron chi connectivity index (χ1n) is 4.09. The van der Waals surface area contributed by atoms with Gasteiger partial charge in [-0.05, 0) is 6.07 Å². The molecule has 0 bridgehead atoms. The topological polar surface area (TPSA) is 35.0 Å². The highest BCUT2D eigenvalue weighted by molar-refractivity contribution is 6.16. The van der Waals surface area contributed by atoms with Gasteiger partial charge < -0.3 is 4.74 Å². The van der Waals surface area contributed by atoms with Gasteiger partial charge in [-0.25, -0.2) is 0 Å². The molecule has 0 saturated heterocycles. The summed E-state index contributed by atoms with van der Waals surface area (Å²) in [6.07, 6.45) is -5.23. The first-order chi connectivity index (χ1) is 7.01. The van der Waals surface area contributed by atoms with E-state index in [9.17, 15) is 13.2 Å². The van der Waals surface area contributed by atoms with E-state index < -0.39 is 19.2 Å². The van der Waals surface area contributed by atoms with E-state index in [4.69, 9.17) is 16.3 Å². The maximum atomic E-state index is 11.7. The molecule has 0 aliphatic heterocycles. The molecule has 15 heavy (non-hydrogen) atoms. The van der Waals surface area contributed by atoms with Gasteiger partial charge in [0.25, 0.3) is 0 Å². The molecule has 0 radical (unpaired) electrons. The number of hydrogen-bond acceptors (Lipinski definition) is 3. The summed E-state index contributed by atoms with van der Waals surface area (Å²) in [5.41, 5.74) is 0.542. The lowest BCUT2D eigenvalue weighted by atomic mass is 10.4. The van der Waals surface area contributed by atoms with Gasteiger partial charge in [-0.1, -0.05) is 0 Å². The number of aromatic nitrogens is 2. The minimum atomic E-state index is -4.22. The molecule has 0 aliphatic carbocycles. The van der Waals surface area contributed by atoms with E-state index in [1.165, 1.54) is 6.07 Å². The largest absolute Gasteiger partial charge is 0.476 e. The Morgan fingerprint density at radius 1 is 1.27 bits per heavy atom. The lowest BCUT2D eigenvalue weighted by Gasteiger charge is -2.07. The highest BCUT2D eigenvalue weighted by atomic mass is 35.5. The van der Waals surface area contributed by atoms with E-state index in [1.54, 1.807) is 6.07 Å². The summed E-state index contributed by atoms with van der Waals surface area (Å²) in [5, 5.41) is 7.17. The third-order valence-corrected chi connectivity index (χ3v) is 1.74. The van der Waals surface area contributed by atoms with Gasteiger partial charge in [-0.2, -0.15) is 18.3 Å². The second-order valence-corrected chi connectivity index (χ2v) is 2.98. The predicted molar refractivity (Wildman–Crippen MR) is 47.8 cm³/mol. The maximum absolute atomic E-state index is 11.7. The van der Waals surface area contributed by atoms with Crippen molar-refractivity contribution in [3.8, 4) is 5.88 Å². The van der Waals surface area contributed by atoms with Crippen molar-refractivity contribution in [2.45, 2.75) is 18.5 Å². The number of halogens is 4. The van der Waals surface area contributed by atoms with Crippen LogP contribution >= 0.6 is 11.6 Å². The van der Waals surface area contributed by atoms with Crippen LogP contribution in [0, 0.1) is 0 Å². The molecule has 3 nitrogen and oxygen atoms in total. The van der Waals surface area contributed by atoms with Crippen LogP contribution in [0.3, 0.4) is 0 Å². The van der Waals surface area contributed by atoms with Crippen LogP contribution in [-0.2, 0) is 5.88 Å². The Hall–Kier alpha value is -1.04. The minimum absolute atomic E-state index is 0.0631. The molecule has 1 rings (SSSR count). The molecular formula is C8H8ClF3N2O. The standard InChI is InChI=1S/C8H8ClF3N2O/c9-5-6-1-2-7(14-13-6)15-4-3-8(10,11)12/h1-2H,3-5H2. The molecule has 1 aromatic heterocycles. The van der Waals surface area contributed by atoms with E-state index in [2.05, 4.69) is 10.2 Å². The number of nitrogens with zero attached hydrogens (tertiary/aromatic N) is 2. The van der Waals surface area contributed by atoms with Crippen LogP contribution in [0.2, 0.25) is 0 Å². The van der Waals surface area contributed by atoms with Gasteiger partial charge in [0.1, 0.15) is 0 Å². The maximum Gasteiger partial charge on any atom is 0.392 e. The van der Waals surface area contributed by atoms with Gasteiger partial charge in [0.15, 0.2) is 0 Å². The highest BCUT2D eigenvalue weighted by Crippen LogP contribution is 2.19. The number of alkyl halides is 4. The fraction of sp³-hybridized carbons (Fsp3) is 0.500. The predicted octanol–water partition coefficient (Wildman–Crippen LogP) is 2.55. The lowest BCUT2D eigenvalue weighted by molar-refractivity contribution is -0.139. The Bertz CT molecular complexity index is 302. The molecule has 1 aromatic rings. The first-order valence-corrected chi connectivity index (χ1v) is 4.63. The van der Waals surface area contributed by atoms with Gasteiger partial charge in [0.05, 0.1) is 24.6 Å². The van der Waals surface area contributed by atoms with Crippen LogP contribution < -0.4 is 4.74 Å². The molecule has 0 unspecified atom stereocenters. The molecule has 84 valence electrons. The Labute approximate surface area is 89.2 Å². The van der Waals surface area contributed by atoms with Crippen molar-refractivity contribution in [1.82, 2.24) is 10.2 Å². The molecule has 0 spiro atoms. The monoisotopic (exact) mass is 240 g/mol. The third-order valence-electron chi connectivity index (χ3n) is 1.47. The Balaban J connectivity index is 2.38. The summed E-state index contributed by atoms with van der Waals surface area (Å²) in [5.74, 6) is 0.267. The van der Waals surface area contributed by atoms with E-state index in [1.807, 2.05) is 0 Å². The fourth-order valence-corrected chi connectivity index (χ4v) is 0.910. The van der Waals surface area contributed by atoms with Crippen LogP contribution in [0.25, 0.3) is 0 Å². The molecule has 0 amide bonds. The first kappa shape index (κ1) is 12.0. The van der Waals surface area contributed by atoms with Crippen molar-refractivity contribution in [3.05, 3.63) is 17.8 Å². The van der Waals surface area contributed by atoms with Gasteiger partial charge >= 0.3 is 6.18 Å². The van der Waals surface area contributed by atoms with Crippen molar-refractivity contribution < 1.29 is 17.9 Å². The zero-order valence-corrected chi connectivity index (χ0v) is 8.35. The molecule has 0 N–H and O–H groups in total. The second kappa shape index (κ2) is 5.16. The molecule has 0 aromatic carbocycles. The fourth-order valence-electron chi connectivity index (χ4n) is 0.767. The summed E-state index contributed by atoms with van der Waals surface area (Å²) in [4.78, 5) is 0. The van der Waals surface area contributed by atoms with E-state index >= 15 is 0 Å².